The first-order valence-electron chi connectivity index (χ1n) is 8.29. The lowest BCUT2D eigenvalue weighted by molar-refractivity contribution is 0.266. The molecule has 0 amide bonds. The highest BCUT2D eigenvalue weighted by Crippen LogP contribution is 2.10. The van der Waals surface area contributed by atoms with Crippen LogP contribution in [0.3, 0.4) is 0 Å². The summed E-state index contributed by atoms with van der Waals surface area (Å²) < 4.78 is 0. The van der Waals surface area contributed by atoms with Crippen molar-refractivity contribution in [3.8, 4) is 0 Å². The molecule has 1 unspecified atom stereocenters. The minimum atomic E-state index is 0.676. The van der Waals surface area contributed by atoms with Crippen molar-refractivity contribution < 1.29 is 0 Å². The van der Waals surface area contributed by atoms with E-state index in [1.807, 2.05) is 0 Å². The first-order chi connectivity index (χ1) is 9.13. The molecule has 1 fully saturated rings. The maximum Gasteiger partial charge on any atom is 0.00797 e. The van der Waals surface area contributed by atoms with Crippen molar-refractivity contribution in [1.82, 2.24) is 15.1 Å². The molecule has 0 aromatic carbocycles. The molecule has 1 rings (SSSR count). The molecule has 0 bridgehead atoms. The summed E-state index contributed by atoms with van der Waals surface area (Å²) in [4.78, 5) is 5.02. The molecule has 0 radical (unpaired) electrons. The van der Waals surface area contributed by atoms with E-state index < -0.39 is 0 Å². The Morgan fingerprint density at radius 2 is 2.00 bits per heavy atom. The number of nitrogens with zero attached hydrogens (tertiary/aromatic N) is 2. The van der Waals surface area contributed by atoms with Crippen LogP contribution in [0.5, 0.6) is 0 Å². The molecule has 1 heterocycles. The lowest BCUT2D eigenvalue weighted by atomic mass is 10.1. The van der Waals surface area contributed by atoms with Crippen LogP contribution in [0.15, 0.2) is 0 Å². The molecule has 0 aromatic heterocycles. The van der Waals surface area contributed by atoms with Crippen molar-refractivity contribution in [3.63, 3.8) is 0 Å². The smallest absolute Gasteiger partial charge is 0.00797 e. The Kier molecular flexibility index (Phi) is 8.67. The van der Waals surface area contributed by atoms with Gasteiger partial charge >= 0.3 is 0 Å². The SMILES string of the molecule is CCN1CCCC(NCCCCN(C)C(C)C)CC1. The molecule has 1 N–H and O–H groups in total. The Labute approximate surface area is 120 Å². The zero-order chi connectivity index (χ0) is 14.1. The molecule has 1 aliphatic rings. The number of likely N-dealkylation sites (tertiary alicyclic amines) is 1. The zero-order valence-electron chi connectivity index (χ0n) is 13.6. The van der Waals surface area contributed by atoms with E-state index in [9.17, 15) is 0 Å². The standard InChI is InChI=1S/C16H35N3/c1-5-19-13-8-9-16(10-14-19)17-11-6-7-12-18(4)15(2)3/h15-17H,5-14H2,1-4H3. The van der Waals surface area contributed by atoms with Crippen LogP contribution < -0.4 is 5.32 Å². The van der Waals surface area contributed by atoms with Crippen LogP contribution in [0.1, 0.15) is 52.9 Å². The summed E-state index contributed by atoms with van der Waals surface area (Å²) in [5.74, 6) is 0. The molecule has 19 heavy (non-hydrogen) atoms. The van der Waals surface area contributed by atoms with Crippen LogP contribution in [0, 0.1) is 0 Å². The fourth-order valence-corrected chi connectivity index (χ4v) is 2.73. The second-order valence-electron chi connectivity index (χ2n) is 6.30. The van der Waals surface area contributed by atoms with E-state index in [-0.39, 0.29) is 0 Å². The quantitative estimate of drug-likeness (QED) is 0.683. The number of hydrogen-bond donors (Lipinski definition) is 1. The molecule has 3 heteroatoms. The Morgan fingerprint density at radius 3 is 2.68 bits per heavy atom. The van der Waals surface area contributed by atoms with Gasteiger partial charge in [-0.3, -0.25) is 0 Å². The molecule has 1 aliphatic heterocycles. The second kappa shape index (κ2) is 9.73. The van der Waals surface area contributed by atoms with Crippen LogP contribution in [0.2, 0.25) is 0 Å². The molecular formula is C16H35N3. The molecule has 0 spiro atoms. The van der Waals surface area contributed by atoms with Gasteiger partial charge in [0.25, 0.3) is 0 Å². The minimum Gasteiger partial charge on any atom is -0.314 e. The maximum atomic E-state index is 3.76. The van der Waals surface area contributed by atoms with Crippen molar-refractivity contribution in [1.29, 1.82) is 0 Å². The van der Waals surface area contributed by atoms with Gasteiger partial charge in [0.2, 0.25) is 0 Å². The molecule has 114 valence electrons. The summed E-state index contributed by atoms with van der Waals surface area (Å²) in [5.41, 5.74) is 0. The zero-order valence-corrected chi connectivity index (χ0v) is 13.6. The van der Waals surface area contributed by atoms with E-state index in [4.69, 9.17) is 0 Å². The van der Waals surface area contributed by atoms with Gasteiger partial charge in [-0.25, -0.2) is 0 Å². The minimum absolute atomic E-state index is 0.676. The number of rotatable bonds is 8. The topological polar surface area (TPSA) is 18.5 Å². The van der Waals surface area contributed by atoms with Gasteiger partial charge in [-0.1, -0.05) is 6.92 Å². The average Bonchev–Trinajstić information content (AvgIpc) is 2.63. The summed E-state index contributed by atoms with van der Waals surface area (Å²) in [6.07, 6.45) is 6.68. The molecule has 1 atom stereocenters. The molecular weight excluding hydrogens is 234 g/mol. The fourth-order valence-electron chi connectivity index (χ4n) is 2.73. The second-order valence-corrected chi connectivity index (χ2v) is 6.30. The summed E-state index contributed by atoms with van der Waals surface area (Å²) >= 11 is 0. The summed E-state index contributed by atoms with van der Waals surface area (Å²) in [5, 5.41) is 3.76. The Morgan fingerprint density at radius 1 is 1.21 bits per heavy atom. The molecule has 0 aromatic rings. The Bertz CT molecular complexity index is 218. The van der Waals surface area contributed by atoms with Crippen molar-refractivity contribution in [2.45, 2.75) is 65.0 Å². The molecule has 1 saturated heterocycles. The van der Waals surface area contributed by atoms with Gasteiger partial charge in [0, 0.05) is 12.1 Å². The fraction of sp³-hybridized carbons (Fsp3) is 1.00. The van der Waals surface area contributed by atoms with Crippen molar-refractivity contribution >= 4 is 0 Å². The van der Waals surface area contributed by atoms with Gasteiger partial charge in [-0.15, -0.1) is 0 Å². The number of hydrogen-bond acceptors (Lipinski definition) is 3. The first-order valence-corrected chi connectivity index (χ1v) is 8.29. The predicted molar refractivity (Wildman–Crippen MR) is 84.8 cm³/mol. The highest BCUT2D eigenvalue weighted by molar-refractivity contribution is 4.74. The average molecular weight is 269 g/mol. The monoisotopic (exact) mass is 269 g/mol. The van der Waals surface area contributed by atoms with Crippen LogP contribution in [-0.2, 0) is 0 Å². The predicted octanol–water partition coefficient (Wildman–Crippen LogP) is 2.57. The van der Waals surface area contributed by atoms with Crippen LogP contribution >= 0.6 is 0 Å². The highest BCUT2D eigenvalue weighted by Gasteiger charge is 2.14. The number of nitrogens with one attached hydrogen (secondary N) is 1. The first kappa shape index (κ1) is 16.9. The molecule has 3 nitrogen and oxygen atoms in total. The van der Waals surface area contributed by atoms with Crippen LogP contribution in [0.4, 0.5) is 0 Å². The Hall–Kier alpha value is -0.120. The number of unbranched alkanes of at least 4 members (excludes halogenated alkanes) is 1. The summed E-state index contributed by atoms with van der Waals surface area (Å²) in [6, 6.07) is 1.44. The van der Waals surface area contributed by atoms with Crippen LogP contribution in [-0.4, -0.2) is 61.7 Å². The van der Waals surface area contributed by atoms with E-state index in [2.05, 4.69) is 42.9 Å². The van der Waals surface area contributed by atoms with Gasteiger partial charge in [-0.2, -0.15) is 0 Å². The van der Waals surface area contributed by atoms with Gasteiger partial charge in [0.05, 0.1) is 0 Å². The third-order valence-corrected chi connectivity index (χ3v) is 4.52. The third kappa shape index (κ3) is 7.28. The summed E-state index contributed by atoms with van der Waals surface area (Å²) in [6.45, 7) is 13.0. The van der Waals surface area contributed by atoms with E-state index in [1.165, 1.54) is 64.8 Å². The highest BCUT2D eigenvalue weighted by atomic mass is 15.1. The molecule has 0 aliphatic carbocycles. The largest absolute Gasteiger partial charge is 0.314 e. The summed E-state index contributed by atoms with van der Waals surface area (Å²) in [7, 11) is 2.22. The van der Waals surface area contributed by atoms with Gasteiger partial charge in [0.1, 0.15) is 0 Å². The normalized spacial score (nSPS) is 22.1. The van der Waals surface area contributed by atoms with E-state index in [1.54, 1.807) is 0 Å². The van der Waals surface area contributed by atoms with E-state index in [0.29, 0.717) is 6.04 Å². The lowest BCUT2D eigenvalue weighted by Crippen LogP contribution is -2.32. The van der Waals surface area contributed by atoms with Crippen molar-refractivity contribution in [2.24, 2.45) is 0 Å². The van der Waals surface area contributed by atoms with E-state index >= 15 is 0 Å². The van der Waals surface area contributed by atoms with Gasteiger partial charge in [-0.05, 0) is 85.7 Å². The maximum absolute atomic E-state index is 3.76. The molecule has 0 saturated carbocycles. The van der Waals surface area contributed by atoms with Crippen molar-refractivity contribution in [2.75, 3.05) is 39.8 Å². The van der Waals surface area contributed by atoms with E-state index in [0.717, 1.165) is 6.04 Å². The van der Waals surface area contributed by atoms with Gasteiger partial charge < -0.3 is 15.1 Å². The third-order valence-electron chi connectivity index (χ3n) is 4.52. The Balaban J connectivity index is 2.03. The lowest BCUT2D eigenvalue weighted by Gasteiger charge is -2.21. The van der Waals surface area contributed by atoms with Crippen molar-refractivity contribution in [3.05, 3.63) is 0 Å². The van der Waals surface area contributed by atoms with Crippen LogP contribution in [0.25, 0.3) is 0 Å². The van der Waals surface area contributed by atoms with Gasteiger partial charge in [0.15, 0.2) is 0 Å².